The van der Waals surface area contributed by atoms with Crippen LogP contribution >= 0.6 is 22.9 Å². The molecule has 0 aliphatic carbocycles. The molecule has 0 bridgehead atoms. The summed E-state index contributed by atoms with van der Waals surface area (Å²) in [6.07, 6.45) is 1.68. The van der Waals surface area contributed by atoms with Gasteiger partial charge in [-0.1, -0.05) is 41.9 Å². The number of halogens is 1. The third-order valence-corrected chi connectivity index (χ3v) is 4.92. The molecule has 0 fully saturated rings. The van der Waals surface area contributed by atoms with Gasteiger partial charge >= 0.3 is 0 Å². The number of rotatable bonds is 3. The number of thiazole rings is 1. The van der Waals surface area contributed by atoms with Gasteiger partial charge in [-0.05, 0) is 35.9 Å². The molecule has 26 heavy (non-hydrogen) atoms. The number of carbonyl (C=O) groups excluding carboxylic acids is 1. The van der Waals surface area contributed by atoms with E-state index in [9.17, 15) is 14.9 Å². The monoisotopic (exact) mass is 381 g/mol. The van der Waals surface area contributed by atoms with Gasteiger partial charge in [0.25, 0.3) is 11.5 Å². The van der Waals surface area contributed by atoms with Crippen LogP contribution in [0.5, 0.6) is 0 Å². The molecule has 0 radical (unpaired) electrons. The third kappa shape index (κ3) is 3.45. The molecule has 0 saturated carbocycles. The standard InChI is InChI=1S/C19H12ClN3O2S/c20-13-8-6-12(7-9-13)10-16-18(25)23(14-4-2-1-3-5-14)19(26-16)15(11-21)17(22)24/h1-10H,(H2,22,24). The largest absolute Gasteiger partial charge is 0.365 e. The minimum atomic E-state index is -0.878. The normalized spacial score (nSPS) is 12.5. The number of hydrogen-bond acceptors (Lipinski definition) is 4. The van der Waals surface area contributed by atoms with E-state index >= 15 is 0 Å². The van der Waals surface area contributed by atoms with Crippen LogP contribution in [0.4, 0.5) is 0 Å². The summed E-state index contributed by atoms with van der Waals surface area (Å²) in [7, 11) is 0. The highest BCUT2D eigenvalue weighted by molar-refractivity contribution is 7.07. The maximum Gasteiger partial charge on any atom is 0.273 e. The molecule has 1 aromatic heterocycles. The molecule has 0 saturated heterocycles. The van der Waals surface area contributed by atoms with Gasteiger partial charge in [0.2, 0.25) is 0 Å². The zero-order valence-electron chi connectivity index (χ0n) is 13.3. The first-order valence-electron chi connectivity index (χ1n) is 7.50. The van der Waals surface area contributed by atoms with Crippen molar-refractivity contribution >= 4 is 40.5 Å². The van der Waals surface area contributed by atoms with E-state index < -0.39 is 5.91 Å². The second-order valence-corrected chi connectivity index (χ2v) is 6.76. The number of hydrogen-bond donors (Lipinski definition) is 1. The maximum atomic E-state index is 12.9. The molecule has 0 unspecified atom stereocenters. The molecule has 2 aromatic carbocycles. The van der Waals surface area contributed by atoms with Gasteiger partial charge in [-0.15, -0.1) is 11.3 Å². The lowest BCUT2D eigenvalue weighted by Crippen LogP contribution is -2.32. The van der Waals surface area contributed by atoms with E-state index in [-0.39, 0.29) is 15.8 Å². The van der Waals surface area contributed by atoms with Crippen molar-refractivity contribution in [1.29, 1.82) is 5.26 Å². The first kappa shape index (κ1) is 17.7. The van der Waals surface area contributed by atoms with Crippen LogP contribution in [-0.2, 0) is 4.79 Å². The molecule has 2 N–H and O–H groups in total. The maximum absolute atomic E-state index is 12.9. The average Bonchev–Trinajstić information content (AvgIpc) is 2.94. The van der Waals surface area contributed by atoms with Gasteiger partial charge in [-0.25, -0.2) is 0 Å². The number of primary amides is 1. The van der Waals surface area contributed by atoms with E-state index in [1.165, 1.54) is 4.57 Å². The summed E-state index contributed by atoms with van der Waals surface area (Å²) >= 11 is 6.93. The number of amides is 1. The highest BCUT2D eigenvalue weighted by atomic mass is 35.5. The van der Waals surface area contributed by atoms with Crippen molar-refractivity contribution in [2.45, 2.75) is 0 Å². The molecule has 3 aromatic rings. The van der Waals surface area contributed by atoms with Crippen molar-refractivity contribution in [3.05, 3.63) is 84.7 Å². The third-order valence-electron chi connectivity index (χ3n) is 3.58. The van der Waals surface area contributed by atoms with Gasteiger partial charge in [0.15, 0.2) is 5.57 Å². The first-order valence-corrected chi connectivity index (χ1v) is 8.69. The van der Waals surface area contributed by atoms with Crippen LogP contribution in [0.3, 0.4) is 0 Å². The van der Waals surface area contributed by atoms with Crippen molar-refractivity contribution in [3.63, 3.8) is 0 Å². The minimum absolute atomic E-state index is 0.205. The van der Waals surface area contributed by atoms with Crippen LogP contribution in [0.2, 0.25) is 5.02 Å². The molecule has 0 spiro atoms. The lowest BCUT2D eigenvalue weighted by molar-refractivity contribution is -0.112. The molecular formula is C19H12ClN3O2S. The van der Waals surface area contributed by atoms with Crippen molar-refractivity contribution in [1.82, 2.24) is 4.57 Å². The summed E-state index contributed by atoms with van der Waals surface area (Å²) in [6, 6.07) is 17.6. The predicted molar refractivity (Wildman–Crippen MR) is 102 cm³/mol. The SMILES string of the molecule is N#CC(C(N)=O)=c1sc(=Cc2ccc(Cl)cc2)c(=O)n1-c1ccccc1. The first-order chi connectivity index (χ1) is 12.5. The number of para-hydroxylation sites is 1. The second-order valence-electron chi connectivity index (χ2n) is 5.29. The molecule has 1 heterocycles. The average molecular weight is 382 g/mol. The van der Waals surface area contributed by atoms with Crippen molar-refractivity contribution in [2.75, 3.05) is 0 Å². The summed E-state index contributed by atoms with van der Waals surface area (Å²) in [6.45, 7) is 0. The lowest BCUT2D eigenvalue weighted by atomic mass is 10.2. The van der Waals surface area contributed by atoms with E-state index in [1.807, 2.05) is 6.07 Å². The summed E-state index contributed by atoms with van der Waals surface area (Å²) in [4.78, 5) is 24.6. The van der Waals surface area contributed by atoms with Crippen molar-refractivity contribution < 1.29 is 4.79 Å². The van der Waals surface area contributed by atoms with Crippen LogP contribution in [0.1, 0.15) is 5.56 Å². The molecule has 7 heteroatoms. The summed E-state index contributed by atoms with van der Waals surface area (Å²) in [5, 5.41) is 9.91. The summed E-state index contributed by atoms with van der Waals surface area (Å²) in [5.74, 6) is -0.878. The Morgan fingerprint density at radius 2 is 1.81 bits per heavy atom. The Morgan fingerprint density at radius 3 is 2.38 bits per heavy atom. The van der Waals surface area contributed by atoms with Gasteiger partial charge in [0, 0.05) is 5.02 Å². The zero-order chi connectivity index (χ0) is 18.7. The van der Waals surface area contributed by atoms with Crippen LogP contribution in [0.15, 0.2) is 59.4 Å². The Hall–Kier alpha value is -3.14. The van der Waals surface area contributed by atoms with E-state index in [4.69, 9.17) is 17.3 Å². The van der Waals surface area contributed by atoms with Gasteiger partial charge in [-0.2, -0.15) is 5.26 Å². The van der Waals surface area contributed by atoms with Crippen LogP contribution in [0.25, 0.3) is 17.3 Å². The van der Waals surface area contributed by atoms with Gasteiger partial charge in [0.1, 0.15) is 10.7 Å². The van der Waals surface area contributed by atoms with Gasteiger partial charge in [0.05, 0.1) is 10.2 Å². The molecule has 0 aliphatic heterocycles. The van der Waals surface area contributed by atoms with E-state index in [1.54, 1.807) is 60.7 Å². The van der Waals surface area contributed by atoms with Gasteiger partial charge < -0.3 is 5.73 Å². The van der Waals surface area contributed by atoms with Crippen molar-refractivity contribution in [3.8, 4) is 11.8 Å². The van der Waals surface area contributed by atoms with Crippen LogP contribution in [-0.4, -0.2) is 10.5 Å². The molecule has 0 aliphatic rings. The van der Waals surface area contributed by atoms with E-state index in [0.29, 0.717) is 15.2 Å². The Morgan fingerprint density at radius 1 is 1.15 bits per heavy atom. The number of benzene rings is 2. The van der Waals surface area contributed by atoms with Gasteiger partial charge in [-0.3, -0.25) is 14.2 Å². The smallest absolute Gasteiger partial charge is 0.273 e. The van der Waals surface area contributed by atoms with E-state index in [0.717, 1.165) is 16.9 Å². The highest BCUT2D eigenvalue weighted by Crippen LogP contribution is 2.10. The number of nitrogens with zero attached hydrogens (tertiary/aromatic N) is 2. The molecule has 128 valence electrons. The second kappa shape index (κ2) is 7.40. The molecule has 1 amide bonds. The fourth-order valence-electron chi connectivity index (χ4n) is 2.38. The molecular weight excluding hydrogens is 370 g/mol. The van der Waals surface area contributed by atoms with Crippen LogP contribution < -0.4 is 20.5 Å². The fourth-order valence-corrected chi connectivity index (χ4v) is 3.62. The number of carbonyl (C=O) groups is 1. The lowest BCUT2D eigenvalue weighted by Gasteiger charge is -2.01. The fraction of sp³-hybridized carbons (Fsp3) is 0. The summed E-state index contributed by atoms with van der Waals surface area (Å²) < 4.78 is 1.91. The topological polar surface area (TPSA) is 88.9 Å². The minimum Gasteiger partial charge on any atom is -0.365 e. The highest BCUT2D eigenvalue weighted by Gasteiger charge is 2.14. The van der Waals surface area contributed by atoms with E-state index in [2.05, 4.69) is 0 Å². The van der Waals surface area contributed by atoms with Crippen molar-refractivity contribution in [2.24, 2.45) is 5.73 Å². The number of nitriles is 1. The molecule has 3 rings (SSSR count). The quantitative estimate of drug-likeness (QED) is 0.746. The number of nitrogens with two attached hydrogens (primary N) is 1. The molecule has 5 nitrogen and oxygen atoms in total. The Kier molecular flexibility index (Phi) is 5.03. The zero-order valence-corrected chi connectivity index (χ0v) is 14.9. The van der Waals surface area contributed by atoms with Crippen LogP contribution in [0, 0.1) is 11.3 Å². The Balaban J connectivity index is 2.39. The predicted octanol–water partition coefficient (Wildman–Crippen LogP) is 1.54. The number of aromatic nitrogens is 1. The Labute approximate surface area is 157 Å². The Bertz CT molecular complexity index is 1190. The summed E-state index contributed by atoms with van der Waals surface area (Å²) in [5.41, 5.74) is 6.06. The molecule has 0 atom stereocenters.